The Bertz CT molecular complexity index is 685. The fraction of sp³-hybridized carbons (Fsp3) is 0.667. The highest BCUT2D eigenvalue weighted by Gasteiger charge is 1.96. The fourth-order valence-electron chi connectivity index (χ4n) is 3.98. The summed E-state index contributed by atoms with van der Waals surface area (Å²) in [6, 6.07) is 0. The highest BCUT2D eigenvalue weighted by atomic mass is 16.4. The van der Waals surface area contributed by atoms with Gasteiger partial charge in [-0.05, 0) is 77.0 Å². The molecule has 4 nitrogen and oxygen atoms in total. The monoisotopic (exact) mass is 558 g/mol. The summed E-state index contributed by atoms with van der Waals surface area (Å²) in [5.74, 6) is -1.35. The van der Waals surface area contributed by atoms with Gasteiger partial charge in [0.15, 0.2) is 0 Å². The molecule has 0 rings (SSSR count). The zero-order valence-corrected chi connectivity index (χ0v) is 26.0. The highest BCUT2D eigenvalue weighted by Crippen LogP contribution is 2.09. The van der Waals surface area contributed by atoms with Gasteiger partial charge < -0.3 is 10.2 Å². The summed E-state index contributed by atoms with van der Waals surface area (Å²) in [4.78, 5) is 20.6. The van der Waals surface area contributed by atoms with Crippen molar-refractivity contribution in [2.24, 2.45) is 0 Å². The molecular formula is C36H62O4. The average Bonchev–Trinajstić information content (AvgIpc) is 2.93. The van der Waals surface area contributed by atoms with Gasteiger partial charge in [-0.15, -0.1) is 0 Å². The third-order valence-electron chi connectivity index (χ3n) is 6.38. The van der Waals surface area contributed by atoms with Crippen molar-refractivity contribution in [1.82, 2.24) is 0 Å². The van der Waals surface area contributed by atoms with Crippen LogP contribution in [0, 0.1) is 0 Å². The van der Waals surface area contributed by atoms with Gasteiger partial charge in [-0.1, -0.05) is 126 Å². The molecule has 0 aliphatic carbocycles. The van der Waals surface area contributed by atoms with Crippen molar-refractivity contribution in [3.05, 3.63) is 60.8 Å². The molecule has 0 radical (unpaired) electrons. The van der Waals surface area contributed by atoms with Crippen LogP contribution < -0.4 is 0 Å². The summed E-state index contributed by atoms with van der Waals surface area (Å²) >= 11 is 0. The van der Waals surface area contributed by atoms with Crippen molar-refractivity contribution < 1.29 is 19.8 Å². The van der Waals surface area contributed by atoms with Crippen molar-refractivity contribution in [2.45, 2.75) is 155 Å². The Morgan fingerprint density at radius 1 is 0.425 bits per heavy atom. The Morgan fingerprint density at radius 2 is 0.750 bits per heavy atom. The first kappa shape index (κ1) is 39.8. The van der Waals surface area contributed by atoms with Gasteiger partial charge in [0.1, 0.15) is 0 Å². The van der Waals surface area contributed by atoms with Crippen LogP contribution in [0.4, 0.5) is 0 Å². The van der Waals surface area contributed by atoms with Crippen LogP contribution in [0.1, 0.15) is 155 Å². The van der Waals surface area contributed by atoms with Gasteiger partial charge in [0.2, 0.25) is 0 Å². The number of aliphatic carboxylic acids is 2. The molecule has 230 valence electrons. The smallest absolute Gasteiger partial charge is 0.303 e. The van der Waals surface area contributed by atoms with Crippen molar-refractivity contribution in [2.75, 3.05) is 0 Å². The molecular weight excluding hydrogens is 496 g/mol. The summed E-state index contributed by atoms with van der Waals surface area (Å²) in [6.07, 6.45) is 45.7. The highest BCUT2D eigenvalue weighted by molar-refractivity contribution is 5.66. The second-order valence-electron chi connectivity index (χ2n) is 10.4. The molecule has 40 heavy (non-hydrogen) atoms. The van der Waals surface area contributed by atoms with E-state index in [2.05, 4.69) is 74.6 Å². The zero-order chi connectivity index (χ0) is 29.8. The van der Waals surface area contributed by atoms with E-state index in [0.29, 0.717) is 12.8 Å². The van der Waals surface area contributed by atoms with Crippen molar-refractivity contribution in [3.63, 3.8) is 0 Å². The Kier molecular flexibility index (Phi) is 36.4. The third-order valence-corrected chi connectivity index (χ3v) is 6.38. The van der Waals surface area contributed by atoms with E-state index in [0.717, 1.165) is 70.6 Å². The largest absolute Gasteiger partial charge is 0.481 e. The van der Waals surface area contributed by atoms with Crippen molar-refractivity contribution in [1.29, 1.82) is 0 Å². The van der Waals surface area contributed by atoms with Gasteiger partial charge in [0.25, 0.3) is 0 Å². The molecule has 0 spiro atoms. The molecule has 2 N–H and O–H groups in total. The van der Waals surface area contributed by atoms with Crippen LogP contribution in [0.3, 0.4) is 0 Å². The van der Waals surface area contributed by atoms with Gasteiger partial charge in [-0.3, -0.25) is 9.59 Å². The molecule has 0 fully saturated rings. The summed E-state index contributed by atoms with van der Waals surface area (Å²) in [6.45, 7) is 4.38. The normalized spacial score (nSPS) is 11.8. The first-order valence-corrected chi connectivity index (χ1v) is 16.2. The van der Waals surface area contributed by atoms with E-state index in [1.54, 1.807) is 0 Å². The predicted octanol–water partition coefficient (Wildman–Crippen LogP) is 11.5. The topological polar surface area (TPSA) is 74.6 Å². The number of hydrogen-bond donors (Lipinski definition) is 2. The molecule has 0 saturated heterocycles. The molecule has 0 saturated carbocycles. The maximum Gasteiger partial charge on any atom is 0.303 e. The standard InChI is InChI=1S/C18H32O2.C18H30O2/c2*1-2-3-4-5-6-7-8-9-10-11-12-13-14-15-16-17-18(19)20/h6-7,9-10H,2-5,8,11-17H2,1H3,(H,19,20);3-4,6-7,9-10H,2,5,8,11-17H2,1H3,(H,19,20)/b;4-3-,7-6-,10-9-. The first-order valence-electron chi connectivity index (χ1n) is 16.2. The quantitative estimate of drug-likeness (QED) is 0.0776. The number of carboxylic acids is 2. The van der Waals surface area contributed by atoms with Crippen LogP contribution >= 0.6 is 0 Å². The van der Waals surface area contributed by atoms with Crippen molar-refractivity contribution in [3.8, 4) is 0 Å². The minimum atomic E-state index is -0.675. The average molecular weight is 559 g/mol. The third kappa shape index (κ3) is 42.7. The lowest BCUT2D eigenvalue weighted by molar-refractivity contribution is -0.138. The summed E-state index contributed by atoms with van der Waals surface area (Å²) < 4.78 is 0. The Balaban J connectivity index is 0. The summed E-state index contributed by atoms with van der Waals surface area (Å²) in [5.41, 5.74) is 0. The number of carbonyl (C=O) groups is 2. The molecule has 0 aromatic rings. The van der Waals surface area contributed by atoms with E-state index < -0.39 is 11.9 Å². The van der Waals surface area contributed by atoms with Gasteiger partial charge in [-0.2, -0.15) is 0 Å². The number of allylic oxidation sites excluding steroid dienone is 10. The molecule has 0 aliphatic rings. The number of unbranched alkanes of at least 4 members (excludes halogenated alkanes) is 13. The van der Waals surface area contributed by atoms with Crippen LogP contribution in [0.25, 0.3) is 0 Å². The van der Waals surface area contributed by atoms with Crippen LogP contribution in [0.2, 0.25) is 0 Å². The number of hydrogen-bond acceptors (Lipinski definition) is 2. The first-order chi connectivity index (χ1) is 19.5. The second kappa shape index (κ2) is 36.6. The molecule has 0 aromatic carbocycles. The predicted molar refractivity (Wildman–Crippen MR) is 174 cm³/mol. The van der Waals surface area contributed by atoms with Gasteiger partial charge >= 0.3 is 11.9 Å². The molecule has 4 heteroatoms. The second-order valence-corrected chi connectivity index (χ2v) is 10.4. The molecule has 0 amide bonds. The SMILES string of the molecule is CC/C=C\C/C=C\C/C=C\CCCCCCCC(=O)O.CCCCCC=CCC=CCCCCCCCC(=O)O. The fourth-order valence-corrected chi connectivity index (χ4v) is 3.98. The maximum atomic E-state index is 10.3. The minimum Gasteiger partial charge on any atom is -0.481 e. The van der Waals surface area contributed by atoms with Gasteiger partial charge in [-0.25, -0.2) is 0 Å². The zero-order valence-electron chi connectivity index (χ0n) is 26.0. The summed E-state index contributed by atoms with van der Waals surface area (Å²) in [7, 11) is 0. The van der Waals surface area contributed by atoms with E-state index in [1.807, 2.05) is 0 Å². The van der Waals surface area contributed by atoms with Crippen LogP contribution in [-0.2, 0) is 9.59 Å². The lowest BCUT2D eigenvalue weighted by Gasteiger charge is -1.98. The molecule has 0 unspecified atom stereocenters. The number of carboxylic acid groups (broad SMARTS) is 2. The summed E-state index contributed by atoms with van der Waals surface area (Å²) in [5, 5.41) is 17.0. The van der Waals surface area contributed by atoms with Crippen LogP contribution in [0.5, 0.6) is 0 Å². The Labute approximate surface area is 247 Å². The van der Waals surface area contributed by atoms with Gasteiger partial charge in [0, 0.05) is 12.8 Å². The molecule has 0 bridgehead atoms. The van der Waals surface area contributed by atoms with E-state index in [9.17, 15) is 9.59 Å². The van der Waals surface area contributed by atoms with Crippen molar-refractivity contribution >= 4 is 11.9 Å². The molecule has 0 aliphatic heterocycles. The Morgan fingerprint density at radius 3 is 1.12 bits per heavy atom. The lowest BCUT2D eigenvalue weighted by Crippen LogP contribution is -1.93. The number of rotatable bonds is 27. The van der Waals surface area contributed by atoms with E-state index >= 15 is 0 Å². The van der Waals surface area contributed by atoms with E-state index in [1.165, 1.54) is 57.8 Å². The molecule has 0 aromatic heterocycles. The van der Waals surface area contributed by atoms with Crippen LogP contribution in [-0.4, -0.2) is 22.2 Å². The van der Waals surface area contributed by atoms with Gasteiger partial charge in [0.05, 0.1) is 0 Å². The Hall–Kier alpha value is -2.36. The molecule has 0 heterocycles. The maximum absolute atomic E-state index is 10.3. The van der Waals surface area contributed by atoms with E-state index in [4.69, 9.17) is 10.2 Å². The van der Waals surface area contributed by atoms with E-state index in [-0.39, 0.29) is 0 Å². The lowest BCUT2D eigenvalue weighted by atomic mass is 10.1. The van der Waals surface area contributed by atoms with Crippen LogP contribution in [0.15, 0.2) is 60.8 Å². The minimum absolute atomic E-state index is 0.319. The molecule has 0 atom stereocenters.